The number of hydrogen-bond acceptors (Lipinski definition) is 4. The van der Waals surface area contributed by atoms with Crippen LogP contribution in [0.5, 0.6) is 0 Å². The van der Waals surface area contributed by atoms with Crippen molar-refractivity contribution in [2.24, 2.45) is 5.41 Å². The number of carbonyl (C=O) groups excluding carboxylic acids is 2. The van der Waals surface area contributed by atoms with Gasteiger partial charge >= 0.3 is 6.18 Å². The van der Waals surface area contributed by atoms with Gasteiger partial charge in [0.1, 0.15) is 12.4 Å². The number of benzene rings is 2. The molecule has 4 aromatic rings. The van der Waals surface area contributed by atoms with Crippen molar-refractivity contribution in [3.8, 4) is 0 Å². The highest BCUT2D eigenvalue weighted by molar-refractivity contribution is 5.96. The van der Waals surface area contributed by atoms with Crippen LogP contribution in [0.25, 0.3) is 21.8 Å². The Kier molecular flexibility index (Phi) is 6.83. The molecule has 7 rings (SSSR count). The van der Waals surface area contributed by atoms with Crippen molar-refractivity contribution in [3.63, 3.8) is 0 Å². The summed E-state index contributed by atoms with van der Waals surface area (Å²) < 4.78 is 55.4. The molecule has 1 unspecified atom stereocenters. The second-order valence-electron chi connectivity index (χ2n) is 13.1. The van der Waals surface area contributed by atoms with E-state index < -0.39 is 29.9 Å². The second kappa shape index (κ2) is 10.4. The molecule has 1 saturated carbocycles. The van der Waals surface area contributed by atoms with Gasteiger partial charge in [0.05, 0.1) is 22.6 Å². The maximum atomic E-state index is 14.2. The molecule has 2 aliphatic heterocycles. The lowest BCUT2D eigenvalue weighted by Gasteiger charge is -2.33. The van der Waals surface area contributed by atoms with Gasteiger partial charge in [-0.1, -0.05) is 32.0 Å². The van der Waals surface area contributed by atoms with E-state index in [1.807, 2.05) is 19.9 Å². The van der Waals surface area contributed by atoms with Crippen molar-refractivity contribution in [1.82, 2.24) is 25.0 Å². The molecule has 2 N–H and O–H groups in total. The van der Waals surface area contributed by atoms with Crippen molar-refractivity contribution < 1.29 is 27.2 Å². The van der Waals surface area contributed by atoms with Gasteiger partial charge in [-0.15, -0.1) is 0 Å². The zero-order valence-corrected chi connectivity index (χ0v) is 24.9. The van der Waals surface area contributed by atoms with E-state index in [2.05, 4.69) is 15.2 Å². The van der Waals surface area contributed by atoms with Crippen molar-refractivity contribution in [3.05, 3.63) is 75.0 Å². The lowest BCUT2D eigenvalue weighted by Crippen LogP contribution is -2.45. The van der Waals surface area contributed by atoms with Gasteiger partial charge in [0.25, 0.3) is 5.56 Å². The number of H-pyrrole nitrogens is 2. The zero-order chi connectivity index (χ0) is 31.8. The molecular formula is C33H33F4N5O3. The Labute approximate surface area is 255 Å². The van der Waals surface area contributed by atoms with Crippen LogP contribution in [-0.2, 0) is 16.1 Å². The van der Waals surface area contributed by atoms with Crippen molar-refractivity contribution in [1.29, 1.82) is 0 Å². The molecule has 0 radical (unpaired) electrons. The molecule has 0 spiro atoms. The average Bonchev–Trinajstić information content (AvgIpc) is 3.50. The fourth-order valence-electron chi connectivity index (χ4n) is 7.64. The number of rotatable bonds is 5. The highest BCUT2D eigenvalue weighted by atomic mass is 19.4. The first-order valence-corrected chi connectivity index (χ1v) is 15.3. The van der Waals surface area contributed by atoms with Crippen LogP contribution >= 0.6 is 0 Å². The lowest BCUT2D eigenvalue weighted by molar-refractivity contribution is -0.166. The number of fused-ring (bicyclic) bond motifs is 6. The Morgan fingerprint density at radius 2 is 1.87 bits per heavy atom. The van der Waals surface area contributed by atoms with E-state index >= 15 is 0 Å². The monoisotopic (exact) mass is 623 g/mol. The predicted octanol–water partition coefficient (Wildman–Crippen LogP) is 5.84. The molecule has 236 valence electrons. The number of hydrogen-bond donors (Lipinski definition) is 2. The molecule has 4 heterocycles. The van der Waals surface area contributed by atoms with Gasteiger partial charge in [-0.25, -0.2) is 4.39 Å². The topological polar surface area (TPSA) is 102 Å². The first-order chi connectivity index (χ1) is 21.4. The summed E-state index contributed by atoms with van der Waals surface area (Å²) in [4.78, 5) is 45.6. The van der Waals surface area contributed by atoms with Crippen LogP contribution in [0.4, 0.5) is 17.6 Å². The molecule has 0 bridgehead atoms. The number of likely N-dealkylation sites (tertiary alicyclic amines) is 1. The average molecular weight is 624 g/mol. The number of aromatic amines is 2. The second-order valence-corrected chi connectivity index (χ2v) is 13.1. The summed E-state index contributed by atoms with van der Waals surface area (Å²) in [6, 6.07) is 8.28. The van der Waals surface area contributed by atoms with Crippen molar-refractivity contribution >= 4 is 33.6 Å². The molecule has 8 nitrogen and oxygen atoms in total. The van der Waals surface area contributed by atoms with Gasteiger partial charge in [-0.05, 0) is 59.9 Å². The van der Waals surface area contributed by atoms with E-state index in [0.717, 1.165) is 21.5 Å². The van der Waals surface area contributed by atoms with Crippen molar-refractivity contribution in [2.45, 2.75) is 70.0 Å². The van der Waals surface area contributed by atoms with Crippen LogP contribution in [0, 0.1) is 11.2 Å². The molecule has 2 fully saturated rings. The lowest BCUT2D eigenvalue weighted by atomic mass is 9.87. The summed E-state index contributed by atoms with van der Waals surface area (Å²) in [5, 5.41) is 8.45. The summed E-state index contributed by atoms with van der Waals surface area (Å²) in [6.07, 6.45) is -1.86. The summed E-state index contributed by atoms with van der Waals surface area (Å²) in [5.41, 5.74) is 2.28. The molecule has 12 heteroatoms. The van der Waals surface area contributed by atoms with Crippen LogP contribution in [0.15, 0.2) is 41.3 Å². The summed E-state index contributed by atoms with van der Waals surface area (Å²) in [5.74, 6) is -1.82. The first kappa shape index (κ1) is 29.5. The van der Waals surface area contributed by atoms with E-state index in [1.165, 1.54) is 6.07 Å². The van der Waals surface area contributed by atoms with E-state index in [4.69, 9.17) is 0 Å². The minimum absolute atomic E-state index is 0.105. The van der Waals surface area contributed by atoms with Crippen LogP contribution in [0.2, 0.25) is 0 Å². The van der Waals surface area contributed by atoms with E-state index in [9.17, 15) is 31.9 Å². The molecule has 1 aliphatic carbocycles. The standard InChI is InChI=1S/C33H33F4N5O3/c1-17(2)20-11-22-24(23-14-38-40-29(20)23)15-42(16-33(35,36)37)31(45)32(12-25(22)32)13-27(43)41-8-6-18(7-9-41)21-10-19-4-3-5-26(34)28(19)39-30(21)44/h3-5,10-11,14,17-18,25H,6-9,12-13,15-16H2,1-2H3,(H,38,40)(H,39,44)/t25-,32?/m1/s1. The Hall–Kier alpha value is -4.22. The minimum atomic E-state index is -4.60. The number of aromatic nitrogens is 3. The Balaban J connectivity index is 1.15. The van der Waals surface area contributed by atoms with Crippen LogP contribution in [-0.4, -0.2) is 62.6 Å². The number of piperidine rings is 1. The molecule has 2 atom stereocenters. The number of para-hydroxylation sites is 1. The molecular weight excluding hydrogens is 590 g/mol. The fourth-order valence-corrected chi connectivity index (χ4v) is 7.64. The number of carbonyl (C=O) groups is 2. The van der Waals surface area contributed by atoms with Gasteiger partial charge in [-0.3, -0.25) is 19.5 Å². The van der Waals surface area contributed by atoms with Crippen LogP contribution in [0.1, 0.15) is 79.5 Å². The number of alkyl halides is 3. The number of nitrogens with zero attached hydrogens (tertiary/aromatic N) is 3. The fraction of sp³-hybridized carbons (Fsp3) is 0.455. The number of halogens is 4. The Morgan fingerprint density at radius 3 is 2.58 bits per heavy atom. The first-order valence-electron chi connectivity index (χ1n) is 15.3. The Morgan fingerprint density at radius 1 is 1.11 bits per heavy atom. The van der Waals surface area contributed by atoms with Gasteiger partial charge < -0.3 is 14.8 Å². The van der Waals surface area contributed by atoms with Gasteiger partial charge in [0.2, 0.25) is 11.8 Å². The number of nitrogens with one attached hydrogen (secondary N) is 2. The smallest absolute Gasteiger partial charge is 0.343 e. The highest BCUT2D eigenvalue weighted by Gasteiger charge is 2.65. The number of pyridine rings is 1. The van der Waals surface area contributed by atoms with E-state index in [-0.39, 0.29) is 47.7 Å². The largest absolute Gasteiger partial charge is 0.406 e. The summed E-state index contributed by atoms with van der Waals surface area (Å²) in [7, 11) is 0. The number of amides is 2. The van der Waals surface area contributed by atoms with Crippen LogP contribution in [0.3, 0.4) is 0 Å². The van der Waals surface area contributed by atoms with Crippen molar-refractivity contribution in [2.75, 3.05) is 19.6 Å². The molecule has 2 amide bonds. The zero-order valence-electron chi connectivity index (χ0n) is 24.9. The normalized spacial score (nSPS) is 22.2. The summed E-state index contributed by atoms with van der Waals surface area (Å²) in [6.45, 7) is 3.14. The summed E-state index contributed by atoms with van der Waals surface area (Å²) >= 11 is 0. The van der Waals surface area contributed by atoms with Gasteiger partial charge in [-0.2, -0.15) is 18.3 Å². The SMILES string of the molecule is CC(C)c1cc2c(c3cn[nH]c13)CN(CC(F)(F)F)C(=O)C1(CC(=O)N3CCC(c4cc5cccc(F)c5[nH]c4=O)CC3)C[C@H]21. The van der Waals surface area contributed by atoms with Gasteiger partial charge in [0, 0.05) is 48.3 Å². The molecule has 1 saturated heterocycles. The third-order valence-electron chi connectivity index (χ3n) is 10.0. The van der Waals surface area contributed by atoms with Crippen LogP contribution < -0.4 is 5.56 Å². The maximum absolute atomic E-state index is 14.2. The van der Waals surface area contributed by atoms with Gasteiger partial charge in [0.15, 0.2) is 0 Å². The predicted molar refractivity (Wildman–Crippen MR) is 159 cm³/mol. The Bertz CT molecular complexity index is 1910. The molecule has 45 heavy (non-hydrogen) atoms. The molecule has 2 aromatic heterocycles. The molecule has 2 aromatic carbocycles. The quantitative estimate of drug-likeness (QED) is 0.273. The van der Waals surface area contributed by atoms with E-state index in [1.54, 1.807) is 29.3 Å². The molecule has 3 aliphatic rings. The third-order valence-corrected chi connectivity index (χ3v) is 10.0. The third kappa shape index (κ3) is 4.98. The maximum Gasteiger partial charge on any atom is 0.406 e. The highest BCUT2D eigenvalue weighted by Crippen LogP contribution is 2.65. The van der Waals surface area contributed by atoms with E-state index in [0.29, 0.717) is 54.3 Å². The minimum Gasteiger partial charge on any atom is -0.343 e.